The molecule has 0 bridgehead atoms. The first-order valence-electron chi connectivity index (χ1n) is 10.4. The van der Waals surface area contributed by atoms with Gasteiger partial charge in [0.05, 0.1) is 17.2 Å². The van der Waals surface area contributed by atoms with Crippen LogP contribution in [-0.4, -0.2) is 11.7 Å². The molecule has 0 heterocycles. The molecule has 156 valence electrons. The topological polar surface area (TPSA) is 70.0 Å². The van der Waals surface area contributed by atoms with E-state index in [1.165, 1.54) is 25.0 Å². The first-order valence-corrected chi connectivity index (χ1v) is 10.4. The molecule has 0 aliphatic heterocycles. The van der Waals surface area contributed by atoms with Crippen molar-refractivity contribution in [3.05, 3.63) is 70.5 Å². The minimum atomic E-state index is -0.896. The Balaban J connectivity index is 0.000000521. The molecule has 2 aromatic rings. The zero-order valence-electron chi connectivity index (χ0n) is 18.0. The van der Waals surface area contributed by atoms with Gasteiger partial charge in [0.2, 0.25) is 0 Å². The van der Waals surface area contributed by atoms with Crippen LogP contribution in [0.4, 0.5) is 4.39 Å². The standard InChI is InChI=1S/C21H24FNO.C4H9N/c1-5-21(6-2,18-11-15(14-23)12-19(22)13-18)17-9-7-16(8-10-17)20(3,4)24;5-3-4-1-2-4/h7-13,24H,5-6H2,1-4H3;4H,1-3,5H2. The van der Waals surface area contributed by atoms with E-state index in [0.717, 1.165) is 42.0 Å². The number of halogens is 1. The lowest BCUT2D eigenvalue weighted by atomic mass is 9.70. The van der Waals surface area contributed by atoms with Crippen molar-refractivity contribution >= 4 is 0 Å². The minimum absolute atomic E-state index is 0.337. The SMILES string of the molecule is CCC(CC)(c1ccc(C(C)(C)O)cc1)c1cc(F)cc(C#N)c1.NCC1CC1. The Morgan fingerprint density at radius 3 is 1.97 bits per heavy atom. The van der Waals surface area contributed by atoms with Gasteiger partial charge in [0, 0.05) is 5.41 Å². The van der Waals surface area contributed by atoms with E-state index in [9.17, 15) is 9.50 Å². The maximum Gasteiger partial charge on any atom is 0.124 e. The van der Waals surface area contributed by atoms with Crippen LogP contribution in [0.25, 0.3) is 0 Å². The van der Waals surface area contributed by atoms with Crippen molar-refractivity contribution in [1.82, 2.24) is 0 Å². The van der Waals surface area contributed by atoms with Gasteiger partial charge in [0.15, 0.2) is 0 Å². The third-order valence-electron chi connectivity index (χ3n) is 5.96. The van der Waals surface area contributed by atoms with Gasteiger partial charge in [-0.2, -0.15) is 5.26 Å². The van der Waals surface area contributed by atoms with E-state index >= 15 is 0 Å². The molecular weight excluding hydrogens is 363 g/mol. The summed E-state index contributed by atoms with van der Waals surface area (Å²) in [6.07, 6.45) is 4.35. The van der Waals surface area contributed by atoms with Crippen molar-refractivity contribution in [2.24, 2.45) is 11.7 Å². The molecule has 29 heavy (non-hydrogen) atoms. The summed E-state index contributed by atoms with van der Waals surface area (Å²) in [5, 5.41) is 19.3. The van der Waals surface area contributed by atoms with E-state index in [1.54, 1.807) is 19.9 Å². The molecule has 3 N–H and O–H groups in total. The van der Waals surface area contributed by atoms with Gasteiger partial charge in [-0.05, 0) is 86.9 Å². The van der Waals surface area contributed by atoms with Gasteiger partial charge in [-0.15, -0.1) is 0 Å². The van der Waals surface area contributed by atoms with E-state index < -0.39 is 5.60 Å². The summed E-state index contributed by atoms with van der Waals surface area (Å²) in [6.45, 7) is 8.57. The molecule has 0 saturated heterocycles. The smallest absolute Gasteiger partial charge is 0.124 e. The van der Waals surface area contributed by atoms with Crippen molar-refractivity contribution in [2.45, 2.75) is 64.4 Å². The van der Waals surface area contributed by atoms with Crippen LogP contribution in [0.5, 0.6) is 0 Å². The van der Waals surface area contributed by atoms with Crippen LogP contribution in [0.1, 0.15) is 75.6 Å². The Bertz CT molecular complexity index is 839. The maximum absolute atomic E-state index is 14.0. The highest BCUT2D eigenvalue weighted by Crippen LogP contribution is 2.40. The number of aliphatic hydroxyl groups is 1. The molecule has 3 nitrogen and oxygen atoms in total. The largest absolute Gasteiger partial charge is 0.386 e. The second-order valence-corrected chi connectivity index (χ2v) is 8.45. The third kappa shape index (κ3) is 5.65. The Morgan fingerprint density at radius 2 is 1.59 bits per heavy atom. The Labute approximate surface area is 174 Å². The van der Waals surface area contributed by atoms with Gasteiger partial charge < -0.3 is 10.8 Å². The summed E-state index contributed by atoms with van der Waals surface area (Å²) in [6, 6.07) is 14.4. The molecular formula is C25H33FN2O. The Kier molecular flexibility index (Phi) is 7.57. The molecule has 0 unspecified atom stereocenters. The molecule has 0 radical (unpaired) electrons. The summed E-state index contributed by atoms with van der Waals surface area (Å²) in [5.74, 6) is 0.526. The first kappa shape index (κ1) is 23.1. The van der Waals surface area contributed by atoms with Gasteiger partial charge >= 0.3 is 0 Å². The van der Waals surface area contributed by atoms with Crippen LogP contribution < -0.4 is 5.73 Å². The lowest BCUT2D eigenvalue weighted by Crippen LogP contribution is -2.27. The highest BCUT2D eigenvalue weighted by molar-refractivity contribution is 5.45. The molecule has 1 aliphatic carbocycles. The number of nitriles is 1. The van der Waals surface area contributed by atoms with Crippen molar-refractivity contribution in [3.8, 4) is 6.07 Å². The molecule has 4 heteroatoms. The molecule has 0 atom stereocenters. The second-order valence-electron chi connectivity index (χ2n) is 8.45. The van der Waals surface area contributed by atoms with Crippen molar-refractivity contribution in [2.75, 3.05) is 6.54 Å². The lowest BCUT2D eigenvalue weighted by Gasteiger charge is -2.34. The summed E-state index contributed by atoms with van der Waals surface area (Å²) in [4.78, 5) is 0. The van der Waals surface area contributed by atoms with Crippen molar-refractivity contribution in [1.29, 1.82) is 5.26 Å². The monoisotopic (exact) mass is 396 g/mol. The summed E-state index contributed by atoms with van der Waals surface area (Å²) >= 11 is 0. The quantitative estimate of drug-likeness (QED) is 0.688. The van der Waals surface area contributed by atoms with E-state index in [4.69, 9.17) is 11.0 Å². The fourth-order valence-corrected chi connectivity index (χ4v) is 3.71. The fraction of sp³-hybridized carbons (Fsp3) is 0.480. The fourth-order valence-electron chi connectivity index (χ4n) is 3.71. The Morgan fingerprint density at radius 1 is 1.03 bits per heavy atom. The predicted molar refractivity (Wildman–Crippen MR) is 116 cm³/mol. The third-order valence-corrected chi connectivity index (χ3v) is 5.96. The molecule has 3 rings (SSSR count). The maximum atomic E-state index is 14.0. The second kappa shape index (κ2) is 9.52. The number of hydrogen-bond donors (Lipinski definition) is 2. The number of rotatable bonds is 6. The van der Waals surface area contributed by atoms with Crippen molar-refractivity contribution < 1.29 is 9.50 Å². The molecule has 1 fully saturated rings. The normalized spacial score (nSPS) is 14.0. The van der Waals surface area contributed by atoms with Gasteiger partial charge in [-0.25, -0.2) is 4.39 Å². The van der Waals surface area contributed by atoms with E-state index in [0.29, 0.717) is 5.56 Å². The molecule has 0 spiro atoms. The van der Waals surface area contributed by atoms with E-state index in [2.05, 4.69) is 13.8 Å². The van der Waals surface area contributed by atoms with Gasteiger partial charge in [0.25, 0.3) is 0 Å². The Hall–Kier alpha value is -2.22. The highest BCUT2D eigenvalue weighted by Gasteiger charge is 2.32. The van der Waals surface area contributed by atoms with Gasteiger partial charge in [-0.1, -0.05) is 38.1 Å². The molecule has 2 aromatic carbocycles. The average Bonchev–Trinajstić information content (AvgIpc) is 3.54. The van der Waals surface area contributed by atoms with Gasteiger partial charge in [-0.3, -0.25) is 0 Å². The minimum Gasteiger partial charge on any atom is -0.386 e. The summed E-state index contributed by atoms with van der Waals surface area (Å²) in [5.41, 5.74) is 7.04. The van der Waals surface area contributed by atoms with Crippen LogP contribution >= 0.6 is 0 Å². The van der Waals surface area contributed by atoms with Crippen LogP contribution in [0.2, 0.25) is 0 Å². The summed E-state index contributed by atoms with van der Waals surface area (Å²) in [7, 11) is 0. The number of nitrogens with two attached hydrogens (primary N) is 1. The first-order chi connectivity index (χ1) is 13.7. The van der Waals surface area contributed by atoms with E-state index in [1.807, 2.05) is 30.3 Å². The molecule has 1 aliphatic rings. The highest BCUT2D eigenvalue weighted by atomic mass is 19.1. The number of hydrogen-bond acceptors (Lipinski definition) is 3. The molecule has 0 aromatic heterocycles. The predicted octanol–water partition coefficient (Wildman–Crippen LogP) is 5.39. The zero-order chi connectivity index (χ0) is 21.7. The number of nitrogens with zero attached hydrogens (tertiary/aromatic N) is 1. The lowest BCUT2D eigenvalue weighted by molar-refractivity contribution is 0.0785. The van der Waals surface area contributed by atoms with Crippen LogP contribution in [0, 0.1) is 23.1 Å². The van der Waals surface area contributed by atoms with Gasteiger partial charge in [0.1, 0.15) is 5.82 Å². The van der Waals surface area contributed by atoms with E-state index in [-0.39, 0.29) is 11.2 Å². The number of benzene rings is 2. The molecule has 0 amide bonds. The average molecular weight is 397 g/mol. The zero-order valence-corrected chi connectivity index (χ0v) is 18.0. The van der Waals surface area contributed by atoms with Crippen LogP contribution in [0.15, 0.2) is 42.5 Å². The van der Waals surface area contributed by atoms with Crippen molar-refractivity contribution in [3.63, 3.8) is 0 Å². The van der Waals surface area contributed by atoms with Crippen LogP contribution in [-0.2, 0) is 11.0 Å². The van der Waals surface area contributed by atoms with Crippen LogP contribution in [0.3, 0.4) is 0 Å². The molecule has 1 saturated carbocycles. The summed E-state index contributed by atoms with van der Waals surface area (Å²) < 4.78 is 14.0.